The van der Waals surface area contributed by atoms with E-state index in [1.807, 2.05) is 48.7 Å². The Morgan fingerprint density at radius 3 is 2.66 bits per heavy atom. The average molecular weight is 467 g/mol. The summed E-state index contributed by atoms with van der Waals surface area (Å²) in [7, 11) is 0. The summed E-state index contributed by atoms with van der Waals surface area (Å²) in [6, 6.07) is 20.0. The Balaban J connectivity index is 1.31. The van der Waals surface area contributed by atoms with Gasteiger partial charge in [0.2, 0.25) is 5.89 Å². The highest BCUT2D eigenvalue weighted by molar-refractivity contribution is 5.69. The van der Waals surface area contributed by atoms with Crippen LogP contribution in [0.1, 0.15) is 52.6 Å². The van der Waals surface area contributed by atoms with Crippen molar-refractivity contribution in [2.75, 3.05) is 6.61 Å². The minimum Gasteiger partial charge on any atom is -0.482 e. The minimum absolute atomic E-state index is 0.108. The van der Waals surface area contributed by atoms with Gasteiger partial charge in [-0.3, -0.25) is 4.98 Å². The van der Waals surface area contributed by atoms with Crippen LogP contribution in [0.3, 0.4) is 0 Å². The van der Waals surface area contributed by atoms with Crippen molar-refractivity contribution in [3.05, 3.63) is 119 Å². The second kappa shape index (κ2) is 10.4. The van der Waals surface area contributed by atoms with Crippen LogP contribution in [0.25, 0.3) is 6.08 Å². The lowest BCUT2D eigenvalue weighted by atomic mass is 9.89. The Hall–Kier alpha value is -4.19. The van der Waals surface area contributed by atoms with Crippen LogP contribution in [0.4, 0.5) is 0 Å². The summed E-state index contributed by atoms with van der Waals surface area (Å²) in [6.45, 7) is -0.329. The number of allylic oxidation sites excluding steroid dienone is 1. The zero-order chi connectivity index (χ0) is 24.0. The quantitative estimate of drug-likeness (QED) is 0.342. The van der Waals surface area contributed by atoms with Crippen LogP contribution >= 0.6 is 0 Å². The van der Waals surface area contributed by atoms with E-state index in [0.717, 1.165) is 53.6 Å². The number of carbonyl (C=O) groups is 1. The fourth-order valence-electron chi connectivity index (χ4n) is 4.56. The number of pyridine rings is 1. The Morgan fingerprint density at radius 2 is 1.86 bits per heavy atom. The van der Waals surface area contributed by atoms with Crippen LogP contribution in [0.2, 0.25) is 0 Å². The van der Waals surface area contributed by atoms with Crippen LogP contribution < -0.4 is 4.74 Å². The number of benzene rings is 2. The Bertz CT molecular complexity index is 1290. The van der Waals surface area contributed by atoms with Crippen molar-refractivity contribution in [1.82, 2.24) is 9.97 Å². The smallest absolute Gasteiger partial charge is 0.341 e. The monoisotopic (exact) mass is 466 g/mol. The van der Waals surface area contributed by atoms with E-state index in [9.17, 15) is 4.79 Å². The fourth-order valence-corrected chi connectivity index (χ4v) is 4.56. The molecule has 0 radical (unpaired) electrons. The number of aliphatic carboxylic acids is 1. The molecule has 1 aliphatic carbocycles. The molecule has 2 heterocycles. The number of aryl methyl sites for hydroxylation is 1. The van der Waals surface area contributed by atoms with E-state index in [0.29, 0.717) is 11.6 Å². The summed E-state index contributed by atoms with van der Waals surface area (Å²) in [5.41, 5.74) is 6.58. The maximum atomic E-state index is 10.9. The number of ether oxygens (including phenoxy) is 1. The van der Waals surface area contributed by atoms with Gasteiger partial charge in [-0.15, -0.1) is 0 Å². The van der Waals surface area contributed by atoms with Gasteiger partial charge in [-0.2, -0.15) is 0 Å². The van der Waals surface area contributed by atoms with Crippen molar-refractivity contribution in [3.8, 4) is 5.75 Å². The molecule has 0 amide bonds. The van der Waals surface area contributed by atoms with Crippen molar-refractivity contribution in [2.45, 2.75) is 31.6 Å². The molecule has 35 heavy (non-hydrogen) atoms. The number of hydrogen-bond acceptors (Lipinski definition) is 5. The van der Waals surface area contributed by atoms with Gasteiger partial charge in [0.05, 0.1) is 11.6 Å². The maximum absolute atomic E-state index is 10.9. The first-order valence-corrected chi connectivity index (χ1v) is 11.7. The largest absolute Gasteiger partial charge is 0.482 e. The number of carboxylic acid groups (broad SMARTS) is 1. The van der Waals surface area contributed by atoms with Crippen LogP contribution in [-0.2, 0) is 17.6 Å². The highest BCUT2D eigenvalue weighted by Crippen LogP contribution is 2.34. The molecule has 0 saturated carbocycles. The average Bonchev–Trinajstić information content (AvgIpc) is 3.36. The minimum atomic E-state index is -0.973. The SMILES string of the molecule is O=C(O)COc1cccc2c1CCC(CCc1coc(C(c3ccccc3)c3cccnc3)n1)=C2. The standard InChI is InChI=1S/C29H26N2O4/c32-27(33)19-34-26-10-4-8-22-16-20(12-14-25(22)26)11-13-24-18-35-29(31-24)28(21-6-2-1-3-7-21)23-9-5-15-30-17-23/h1-10,15-18,28H,11-14,19H2,(H,32,33). The Kier molecular flexibility index (Phi) is 6.70. The molecule has 2 aromatic carbocycles. The number of nitrogens with zero attached hydrogens (tertiary/aromatic N) is 2. The number of rotatable bonds is 9. The summed E-state index contributed by atoms with van der Waals surface area (Å²) < 4.78 is 11.4. The molecule has 6 heteroatoms. The van der Waals surface area contributed by atoms with Crippen LogP contribution in [-0.4, -0.2) is 27.7 Å². The highest BCUT2D eigenvalue weighted by atomic mass is 16.5. The second-order valence-electron chi connectivity index (χ2n) is 8.62. The lowest BCUT2D eigenvalue weighted by Gasteiger charge is -2.19. The highest BCUT2D eigenvalue weighted by Gasteiger charge is 2.22. The summed E-state index contributed by atoms with van der Waals surface area (Å²) in [6.07, 6.45) is 11.0. The molecule has 0 aliphatic heterocycles. The first kappa shape index (κ1) is 22.6. The molecule has 1 aliphatic rings. The Labute approximate surface area is 203 Å². The van der Waals surface area contributed by atoms with Gasteiger partial charge in [0.15, 0.2) is 6.61 Å². The topological polar surface area (TPSA) is 85.5 Å². The van der Waals surface area contributed by atoms with E-state index in [1.165, 1.54) is 5.57 Å². The van der Waals surface area contributed by atoms with E-state index < -0.39 is 5.97 Å². The van der Waals surface area contributed by atoms with Crippen molar-refractivity contribution in [2.24, 2.45) is 0 Å². The van der Waals surface area contributed by atoms with Gasteiger partial charge in [0.1, 0.15) is 12.0 Å². The number of fused-ring (bicyclic) bond motifs is 1. The van der Waals surface area contributed by atoms with Gasteiger partial charge in [-0.1, -0.05) is 60.2 Å². The van der Waals surface area contributed by atoms with Crippen LogP contribution in [0.15, 0.2) is 89.3 Å². The van der Waals surface area contributed by atoms with Crippen molar-refractivity contribution in [1.29, 1.82) is 0 Å². The lowest BCUT2D eigenvalue weighted by Crippen LogP contribution is -2.12. The van der Waals surface area contributed by atoms with Gasteiger partial charge in [0.25, 0.3) is 0 Å². The molecule has 0 saturated heterocycles. The normalized spacial score (nSPS) is 13.5. The molecule has 6 nitrogen and oxygen atoms in total. The van der Waals surface area contributed by atoms with Gasteiger partial charge in [0, 0.05) is 18.0 Å². The number of carboxylic acids is 1. The molecular weight excluding hydrogens is 440 g/mol. The van der Waals surface area contributed by atoms with Crippen molar-refractivity contribution in [3.63, 3.8) is 0 Å². The van der Waals surface area contributed by atoms with E-state index in [1.54, 1.807) is 12.5 Å². The molecule has 176 valence electrons. The van der Waals surface area contributed by atoms with Gasteiger partial charge in [-0.05, 0) is 54.5 Å². The van der Waals surface area contributed by atoms with E-state index in [-0.39, 0.29) is 12.5 Å². The zero-order valence-corrected chi connectivity index (χ0v) is 19.3. The zero-order valence-electron chi connectivity index (χ0n) is 19.3. The molecule has 0 fully saturated rings. The van der Waals surface area contributed by atoms with E-state index in [2.05, 4.69) is 29.3 Å². The van der Waals surface area contributed by atoms with Crippen LogP contribution in [0.5, 0.6) is 5.75 Å². The Morgan fingerprint density at radius 1 is 1.00 bits per heavy atom. The molecule has 5 rings (SSSR count). The van der Waals surface area contributed by atoms with Crippen molar-refractivity contribution >= 4 is 12.0 Å². The molecule has 2 aromatic heterocycles. The first-order valence-electron chi connectivity index (χ1n) is 11.7. The molecule has 0 spiro atoms. The molecule has 0 bridgehead atoms. The second-order valence-corrected chi connectivity index (χ2v) is 8.62. The fraction of sp³-hybridized carbons (Fsp3) is 0.207. The third kappa shape index (κ3) is 5.32. The molecule has 1 atom stereocenters. The van der Waals surface area contributed by atoms with E-state index in [4.69, 9.17) is 19.2 Å². The predicted octanol–water partition coefficient (Wildman–Crippen LogP) is 5.68. The van der Waals surface area contributed by atoms with Gasteiger partial charge < -0.3 is 14.3 Å². The molecular formula is C29H26N2O4. The summed E-state index contributed by atoms with van der Waals surface area (Å²) in [5.74, 6) is 0.245. The molecule has 1 N–H and O–H groups in total. The van der Waals surface area contributed by atoms with Gasteiger partial charge >= 0.3 is 5.97 Å². The summed E-state index contributed by atoms with van der Waals surface area (Å²) in [5, 5.41) is 8.91. The number of hydrogen-bond donors (Lipinski definition) is 1. The maximum Gasteiger partial charge on any atom is 0.341 e. The lowest BCUT2D eigenvalue weighted by molar-refractivity contribution is -0.139. The van der Waals surface area contributed by atoms with E-state index >= 15 is 0 Å². The molecule has 4 aromatic rings. The summed E-state index contributed by atoms with van der Waals surface area (Å²) in [4.78, 5) is 20.0. The van der Waals surface area contributed by atoms with Crippen LogP contribution in [0, 0.1) is 0 Å². The first-order chi connectivity index (χ1) is 17.2. The predicted molar refractivity (Wildman–Crippen MR) is 132 cm³/mol. The third-order valence-corrected chi connectivity index (χ3v) is 6.25. The number of aromatic nitrogens is 2. The molecule has 1 unspecified atom stereocenters. The third-order valence-electron chi connectivity index (χ3n) is 6.25. The van der Waals surface area contributed by atoms with Crippen molar-refractivity contribution < 1.29 is 19.1 Å². The van der Waals surface area contributed by atoms with Gasteiger partial charge in [-0.25, -0.2) is 9.78 Å². The summed E-state index contributed by atoms with van der Waals surface area (Å²) >= 11 is 0. The number of oxazole rings is 1.